The average molecular weight is 422 g/mol. The van der Waals surface area contributed by atoms with Gasteiger partial charge in [0.15, 0.2) is 0 Å². The number of pyridine rings is 1. The van der Waals surface area contributed by atoms with Crippen molar-refractivity contribution in [1.82, 2.24) is 4.98 Å². The predicted molar refractivity (Wildman–Crippen MR) is 110 cm³/mol. The molecule has 1 aromatic carbocycles. The average Bonchev–Trinajstić information content (AvgIpc) is 2.66. The van der Waals surface area contributed by atoms with Gasteiger partial charge < -0.3 is 10.2 Å². The van der Waals surface area contributed by atoms with E-state index in [1.54, 1.807) is 0 Å². The second-order valence-electron chi connectivity index (χ2n) is 9.13. The van der Waals surface area contributed by atoms with E-state index in [0.717, 1.165) is 47.5 Å². The molecule has 30 heavy (non-hydrogen) atoms. The molecule has 0 aliphatic heterocycles. The minimum absolute atomic E-state index is 0.0139. The largest absolute Gasteiger partial charge is 0.416 e. The molecule has 3 atom stereocenters. The van der Waals surface area contributed by atoms with E-state index in [1.165, 1.54) is 12.1 Å². The lowest BCUT2D eigenvalue weighted by Crippen LogP contribution is -2.31. The van der Waals surface area contributed by atoms with E-state index in [-0.39, 0.29) is 11.3 Å². The van der Waals surface area contributed by atoms with E-state index >= 15 is 0 Å². The number of aromatic nitrogens is 1. The van der Waals surface area contributed by atoms with Crippen molar-refractivity contribution in [3.63, 3.8) is 0 Å². The molecule has 1 aromatic heterocycles. The van der Waals surface area contributed by atoms with Crippen molar-refractivity contribution in [1.29, 1.82) is 0 Å². The number of hydrogen-bond donors (Lipinski definition) is 2. The Kier molecular flexibility index (Phi) is 6.04. The van der Waals surface area contributed by atoms with E-state index in [1.807, 2.05) is 20.8 Å². The van der Waals surface area contributed by atoms with Crippen LogP contribution in [-0.4, -0.2) is 15.2 Å². The molecule has 164 valence electrons. The van der Waals surface area contributed by atoms with Crippen molar-refractivity contribution in [2.45, 2.75) is 78.2 Å². The van der Waals surface area contributed by atoms with Gasteiger partial charge in [-0.3, -0.25) is 4.98 Å². The highest BCUT2D eigenvalue weighted by Gasteiger charge is 2.38. The van der Waals surface area contributed by atoms with Crippen LogP contribution in [0.3, 0.4) is 0 Å². The van der Waals surface area contributed by atoms with E-state index in [9.17, 15) is 23.4 Å². The van der Waals surface area contributed by atoms with Crippen molar-refractivity contribution in [2.75, 3.05) is 0 Å². The minimum atomic E-state index is -4.42. The summed E-state index contributed by atoms with van der Waals surface area (Å²) in [6.07, 6.45) is -3.91. The molecule has 0 radical (unpaired) electrons. The van der Waals surface area contributed by atoms with Crippen LogP contribution in [0.1, 0.15) is 97.9 Å². The fourth-order valence-electron chi connectivity index (χ4n) is 4.52. The third kappa shape index (κ3) is 4.12. The molecule has 2 aromatic rings. The first-order valence-electron chi connectivity index (χ1n) is 10.4. The standard InChI is InChI=1S/C24H30F3NO2/c1-6-23(5)11-17-19(18(29)12-23)14(4)20(21(28-17)13(2)3)22(30)15-7-9-16(10-8-15)24(25,26)27/h7-10,13,18,22,29-30H,6,11-12H2,1-5H3. The Morgan fingerprint density at radius 2 is 1.80 bits per heavy atom. The smallest absolute Gasteiger partial charge is 0.388 e. The van der Waals surface area contributed by atoms with Crippen LogP contribution in [-0.2, 0) is 12.6 Å². The van der Waals surface area contributed by atoms with Crippen LogP contribution in [0, 0.1) is 12.3 Å². The third-order valence-electron chi connectivity index (χ3n) is 6.49. The van der Waals surface area contributed by atoms with Gasteiger partial charge in [-0.05, 0) is 54.4 Å². The molecule has 0 saturated carbocycles. The number of halogens is 3. The molecule has 0 spiro atoms. The Labute approximate surface area is 176 Å². The van der Waals surface area contributed by atoms with Crippen molar-refractivity contribution in [2.24, 2.45) is 5.41 Å². The van der Waals surface area contributed by atoms with Crippen molar-refractivity contribution < 1.29 is 23.4 Å². The maximum Gasteiger partial charge on any atom is 0.416 e. The molecule has 2 N–H and O–H groups in total. The first-order chi connectivity index (χ1) is 13.9. The predicted octanol–water partition coefficient (Wildman–Crippen LogP) is 6.01. The molecule has 1 heterocycles. The highest BCUT2D eigenvalue weighted by atomic mass is 19.4. The molecule has 3 nitrogen and oxygen atoms in total. The Hall–Kier alpha value is -1.92. The number of alkyl halides is 3. The number of aliphatic hydroxyl groups excluding tert-OH is 2. The molecule has 0 bridgehead atoms. The molecule has 0 fully saturated rings. The van der Waals surface area contributed by atoms with Crippen molar-refractivity contribution in [3.05, 3.63) is 63.5 Å². The lowest BCUT2D eigenvalue weighted by atomic mass is 9.70. The maximum atomic E-state index is 12.9. The van der Waals surface area contributed by atoms with Gasteiger partial charge in [0.05, 0.1) is 11.7 Å². The Morgan fingerprint density at radius 1 is 1.20 bits per heavy atom. The first-order valence-corrected chi connectivity index (χ1v) is 10.4. The number of nitrogens with zero attached hydrogens (tertiary/aromatic N) is 1. The van der Waals surface area contributed by atoms with Crippen LogP contribution in [0.15, 0.2) is 24.3 Å². The van der Waals surface area contributed by atoms with E-state index in [4.69, 9.17) is 4.98 Å². The van der Waals surface area contributed by atoms with Crippen LogP contribution in [0.4, 0.5) is 13.2 Å². The monoisotopic (exact) mass is 421 g/mol. The highest BCUT2D eigenvalue weighted by Crippen LogP contribution is 2.46. The summed E-state index contributed by atoms with van der Waals surface area (Å²) in [5, 5.41) is 22.0. The lowest BCUT2D eigenvalue weighted by Gasteiger charge is -2.38. The molecule has 1 aliphatic rings. The SMILES string of the molecule is CCC1(C)Cc2nc(C(C)C)c(C(O)c3ccc(C(F)(F)F)cc3)c(C)c2C(O)C1. The summed E-state index contributed by atoms with van der Waals surface area (Å²) in [4.78, 5) is 4.87. The number of rotatable bonds is 4. The van der Waals surface area contributed by atoms with Gasteiger partial charge in [-0.25, -0.2) is 0 Å². The van der Waals surface area contributed by atoms with Gasteiger partial charge in [-0.2, -0.15) is 13.2 Å². The van der Waals surface area contributed by atoms with Gasteiger partial charge in [0.25, 0.3) is 0 Å². The van der Waals surface area contributed by atoms with Gasteiger partial charge in [-0.1, -0.05) is 46.2 Å². The van der Waals surface area contributed by atoms with Gasteiger partial charge in [0.1, 0.15) is 6.10 Å². The van der Waals surface area contributed by atoms with Crippen LogP contribution >= 0.6 is 0 Å². The fourth-order valence-corrected chi connectivity index (χ4v) is 4.52. The maximum absolute atomic E-state index is 12.9. The van der Waals surface area contributed by atoms with E-state index in [2.05, 4.69) is 13.8 Å². The Bertz CT molecular complexity index is 922. The number of hydrogen-bond acceptors (Lipinski definition) is 3. The van der Waals surface area contributed by atoms with Gasteiger partial charge in [0, 0.05) is 22.5 Å². The first kappa shape index (κ1) is 22.8. The third-order valence-corrected chi connectivity index (χ3v) is 6.49. The fraction of sp³-hybridized carbons (Fsp3) is 0.542. The summed E-state index contributed by atoms with van der Waals surface area (Å²) in [5.74, 6) is 0.0139. The zero-order chi connectivity index (χ0) is 22.4. The molecule has 6 heteroatoms. The Morgan fingerprint density at radius 3 is 2.30 bits per heavy atom. The van der Waals surface area contributed by atoms with Crippen LogP contribution in [0.5, 0.6) is 0 Å². The van der Waals surface area contributed by atoms with E-state index in [0.29, 0.717) is 17.5 Å². The lowest BCUT2D eigenvalue weighted by molar-refractivity contribution is -0.137. The quantitative estimate of drug-likeness (QED) is 0.636. The minimum Gasteiger partial charge on any atom is -0.388 e. The summed E-state index contributed by atoms with van der Waals surface area (Å²) >= 11 is 0. The number of fused-ring (bicyclic) bond motifs is 1. The summed E-state index contributed by atoms with van der Waals surface area (Å²) in [6, 6.07) is 4.58. The molecule has 0 saturated heterocycles. The zero-order valence-electron chi connectivity index (χ0n) is 18.1. The van der Waals surface area contributed by atoms with Crippen LogP contribution in [0.25, 0.3) is 0 Å². The van der Waals surface area contributed by atoms with Crippen molar-refractivity contribution in [3.8, 4) is 0 Å². The molecular formula is C24H30F3NO2. The highest BCUT2D eigenvalue weighted by molar-refractivity contribution is 5.48. The molecule has 1 aliphatic carbocycles. The zero-order valence-corrected chi connectivity index (χ0v) is 18.1. The summed E-state index contributed by atoms with van der Waals surface area (Å²) in [7, 11) is 0. The van der Waals surface area contributed by atoms with Crippen molar-refractivity contribution >= 4 is 0 Å². The van der Waals surface area contributed by atoms with Crippen LogP contribution in [0.2, 0.25) is 0 Å². The molecule has 0 amide bonds. The van der Waals surface area contributed by atoms with Crippen LogP contribution < -0.4 is 0 Å². The second-order valence-corrected chi connectivity index (χ2v) is 9.13. The topological polar surface area (TPSA) is 53.4 Å². The molecule has 3 rings (SSSR count). The summed E-state index contributed by atoms with van der Waals surface area (Å²) < 4.78 is 38.7. The summed E-state index contributed by atoms with van der Waals surface area (Å²) in [5.41, 5.74) is 3.30. The normalized spacial score (nSPS) is 22.8. The Balaban J connectivity index is 2.12. The van der Waals surface area contributed by atoms with Gasteiger partial charge in [0.2, 0.25) is 0 Å². The molecule has 3 unspecified atom stereocenters. The number of aliphatic hydroxyl groups is 2. The molecular weight excluding hydrogens is 391 g/mol. The van der Waals surface area contributed by atoms with E-state index < -0.39 is 23.9 Å². The second kappa shape index (κ2) is 7.97. The van der Waals surface area contributed by atoms with Gasteiger partial charge >= 0.3 is 6.18 Å². The van der Waals surface area contributed by atoms with Gasteiger partial charge in [-0.15, -0.1) is 0 Å². The number of benzene rings is 1. The summed E-state index contributed by atoms with van der Waals surface area (Å²) in [6.45, 7) is 10.1.